The summed E-state index contributed by atoms with van der Waals surface area (Å²) in [7, 11) is 1.33. The van der Waals surface area contributed by atoms with E-state index in [4.69, 9.17) is 4.74 Å². The molecule has 0 bridgehead atoms. The van der Waals surface area contributed by atoms with E-state index in [-0.39, 0.29) is 11.7 Å². The number of ether oxygens (including phenoxy) is 1. The monoisotopic (exact) mass is 339 g/mol. The van der Waals surface area contributed by atoms with Crippen LogP contribution in [-0.4, -0.2) is 30.1 Å². The average molecular weight is 339 g/mol. The number of rotatable bonds is 5. The quantitative estimate of drug-likeness (QED) is 0.672. The molecule has 130 valence electrons. The lowest BCUT2D eigenvalue weighted by Gasteiger charge is -2.45. The van der Waals surface area contributed by atoms with Crippen molar-refractivity contribution in [1.82, 2.24) is 0 Å². The number of phenols is 1. The number of esters is 1. The summed E-state index contributed by atoms with van der Waals surface area (Å²) in [6, 6.07) is 13.7. The number of aryl methyl sites for hydroxylation is 1. The van der Waals surface area contributed by atoms with Crippen LogP contribution < -0.4 is 4.90 Å². The van der Waals surface area contributed by atoms with Crippen molar-refractivity contribution in [2.24, 2.45) is 5.92 Å². The van der Waals surface area contributed by atoms with E-state index in [0.717, 1.165) is 12.0 Å². The Hall–Kier alpha value is -2.82. The predicted octanol–water partition coefficient (Wildman–Crippen LogP) is 2.70. The SMILES string of the molecule is CCc1ccc(N2C(=O)[C@@H](Cc3ccc(O)cc3)[C@H]2C(=O)OC)cc1. The van der Waals surface area contributed by atoms with Gasteiger partial charge < -0.3 is 9.84 Å². The second kappa shape index (κ2) is 6.97. The number of benzene rings is 2. The molecule has 1 fully saturated rings. The number of β-lactam (4-membered cyclic amide) rings is 1. The maximum atomic E-state index is 12.7. The molecule has 1 heterocycles. The number of hydrogen-bond acceptors (Lipinski definition) is 4. The number of carbonyl (C=O) groups is 2. The largest absolute Gasteiger partial charge is 0.508 e. The number of carbonyl (C=O) groups excluding carboxylic acids is 2. The topological polar surface area (TPSA) is 66.8 Å². The molecule has 0 aromatic heterocycles. The first kappa shape index (κ1) is 17.0. The highest BCUT2D eigenvalue weighted by Gasteiger charge is 2.52. The molecular weight excluding hydrogens is 318 g/mol. The Balaban J connectivity index is 1.83. The summed E-state index contributed by atoms with van der Waals surface area (Å²) in [6.45, 7) is 2.06. The van der Waals surface area contributed by atoms with E-state index in [1.165, 1.54) is 17.6 Å². The summed E-state index contributed by atoms with van der Waals surface area (Å²) in [4.78, 5) is 26.4. The van der Waals surface area contributed by atoms with Gasteiger partial charge in [-0.25, -0.2) is 4.79 Å². The lowest BCUT2D eigenvalue weighted by atomic mass is 9.81. The fraction of sp³-hybridized carbons (Fsp3) is 0.300. The van der Waals surface area contributed by atoms with Crippen molar-refractivity contribution < 1.29 is 19.4 Å². The van der Waals surface area contributed by atoms with Crippen molar-refractivity contribution in [3.05, 3.63) is 59.7 Å². The lowest BCUT2D eigenvalue weighted by molar-refractivity contribution is -0.152. The van der Waals surface area contributed by atoms with Gasteiger partial charge in [0.15, 0.2) is 0 Å². The molecule has 5 heteroatoms. The van der Waals surface area contributed by atoms with Gasteiger partial charge in [-0.1, -0.05) is 31.2 Å². The van der Waals surface area contributed by atoms with Crippen molar-refractivity contribution in [3.63, 3.8) is 0 Å². The molecule has 2 aromatic carbocycles. The average Bonchev–Trinajstić information content (AvgIpc) is 2.65. The first-order chi connectivity index (χ1) is 12.0. The fourth-order valence-electron chi connectivity index (χ4n) is 3.20. The Bertz CT molecular complexity index is 767. The summed E-state index contributed by atoms with van der Waals surface area (Å²) < 4.78 is 4.91. The van der Waals surface area contributed by atoms with Gasteiger partial charge in [0.25, 0.3) is 0 Å². The Morgan fingerprint density at radius 2 is 1.68 bits per heavy atom. The van der Waals surface area contributed by atoms with Crippen LogP contribution in [-0.2, 0) is 27.2 Å². The van der Waals surface area contributed by atoms with Crippen LogP contribution in [0.1, 0.15) is 18.1 Å². The van der Waals surface area contributed by atoms with Gasteiger partial charge in [0.05, 0.1) is 13.0 Å². The third-order valence-electron chi connectivity index (χ3n) is 4.67. The molecule has 1 N–H and O–H groups in total. The zero-order valence-electron chi connectivity index (χ0n) is 14.3. The van der Waals surface area contributed by atoms with E-state index in [9.17, 15) is 14.7 Å². The van der Waals surface area contributed by atoms with Crippen LogP contribution in [0.5, 0.6) is 5.75 Å². The van der Waals surface area contributed by atoms with Crippen LogP contribution in [0, 0.1) is 5.92 Å². The Morgan fingerprint density at radius 1 is 1.08 bits per heavy atom. The van der Waals surface area contributed by atoms with Gasteiger partial charge in [-0.15, -0.1) is 0 Å². The molecule has 0 aliphatic carbocycles. The summed E-state index contributed by atoms with van der Waals surface area (Å²) in [6.07, 6.45) is 1.35. The molecule has 5 nitrogen and oxygen atoms in total. The molecule has 0 saturated carbocycles. The third-order valence-corrected chi connectivity index (χ3v) is 4.67. The minimum atomic E-state index is -0.626. The van der Waals surface area contributed by atoms with E-state index < -0.39 is 17.9 Å². The van der Waals surface area contributed by atoms with Crippen molar-refractivity contribution in [3.8, 4) is 5.75 Å². The van der Waals surface area contributed by atoms with Crippen LogP contribution in [0.3, 0.4) is 0 Å². The predicted molar refractivity (Wildman–Crippen MR) is 94.4 cm³/mol. The number of amides is 1. The number of hydrogen-bond donors (Lipinski definition) is 1. The Morgan fingerprint density at radius 3 is 2.24 bits per heavy atom. The third kappa shape index (κ3) is 3.22. The van der Waals surface area contributed by atoms with E-state index in [2.05, 4.69) is 6.92 Å². The standard InChI is InChI=1S/C20H21NO4/c1-3-13-4-8-15(9-5-13)21-18(20(24)25-2)17(19(21)23)12-14-6-10-16(22)11-7-14/h4-11,17-18,22H,3,12H2,1-2H3/t17-,18-/m0/s1. The Labute approximate surface area is 146 Å². The van der Waals surface area contributed by atoms with Crippen molar-refractivity contribution >= 4 is 17.6 Å². The van der Waals surface area contributed by atoms with Gasteiger partial charge in [0.1, 0.15) is 11.8 Å². The zero-order valence-corrected chi connectivity index (χ0v) is 14.3. The second-order valence-electron chi connectivity index (χ2n) is 6.17. The fourth-order valence-corrected chi connectivity index (χ4v) is 3.20. The molecule has 0 unspecified atom stereocenters. The summed E-state index contributed by atoms with van der Waals surface area (Å²) >= 11 is 0. The van der Waals surface area contributed by atoms with Crippen LogP contribution in [0.2, 0.25) is 0 Å². The molecule has 1 amide bonds. The van der Waals surface area contributed by atoms with Gasteiger partial charge in [0.2, 0.25) is 5.91 Å². The minimum Gasteiger partial charge on any atom is -0.508 e. The summed E-state index contributed by atoms with van der Waals surface area (Å²) in [5, 5.41) is 9.38. The van der Waals surface area contributed by atoms with Gasteiger partial charge in [0, 0.05) is 5.69 Å². The van der Waals surface area contributed by atoms with Crippen LogP contribution in [0.15, 0.2) is 48.5 Å². The minimum absolute atomic E-state index is 0.0901. The lowest BCUT2D eigenvalue weighted by Crippen LogP contribution is -2.65. The molecule has 3 rings (SSSR count). The first-order valence-electron chi connectivity index (χ1n) is 8.33. The molecule has 0 spiro atoms. The molecule has 2 atom stereocenters. The number of nitrogens with zero attached hydrogens (tertiary/aromatic N) is 1. The second-order valence-corrected chi connectivity index (χ2v) is 6.17. The maximum absolute atomic E-state index is 12.7. The molecule has 0 radical (unpaired) electrons. The maximum Gasteiger partial charge on any atom is 0.329 e. The van der Waals surface area contributed by atoms with Crippen molar-refractivity contribution in [2.45, 2.75) is 25.8 Å². The van der Waals surface area contributed by atoms with E-state index >= 15 is 0 Å². The first-order valence-corrected chi connectivity index (χ1v) is 8.33. The van der Waals surface area contributed by atoms with Gasteiger partial charge in [-0.2, -0.15) is 0 Å². The zero-order chi connectivity index (χ0) is 18.0. The number of phenolic OH excluding ortho intramolecular Hbond substituents is 1. The highest BCUT2D eigenvalue weighted by molar-refractivity contribution is 6.10. The van der Waals surface area contributed by atoms with Crippen molar-refractivity contribution in [1.29, 1.82) is 0 Å². The number of aromatic hydroxyl groups is 1. The highest BCUT2D eigenvalue weighted by Crippen LogP contribution is 2.36. The molecular formula is C20H21NO4. The number of methoxy groups -OCH3 is 1. The van der Waals surface area contributed by atoms with Crippen LogP contribution in [0.4, 0.5) is 5.69 Å². The van der Waals surface area contributed by atoms with Crippen LogP contribution >= 0.6 is 0 Å². The summed E-state index contributed by atoms with van der Waals surface area (Å²) in [5.41, 5.74) is 2.78. The smallest absolute Gasteiger partial charge is 0.329 e. The molecule has 1 aliphatic rings. The van der Waals surface area contributed by atoms with Gasteiger partial charge in [-0.05, 0) is 48.2 Å². The van der Waals surface area contributed by atoms with Crippen molar-refractivity contribution in [2.75, 3.05) is 12.0 Å². The normalized spacial score (nSPS) is 19.4. The van der Waals surface area contributed by atoms with Crippen LogP contribution in [0.25, 0.3) is 0 Å². The van der Waals surface area contributed by atoms with Gasteiger partial charge in [-0.3, -0.25) is 9.69 Å². The molecule has 25 heavy (non-hydrogen) atoms. The molecule has 1 aliphatic heterocycles. The van der Waals surface area contributed by atoms with E-state index in [0.29, 0.717) is 12.1 Å². The summed E-state index contributed by atoms with van der Waals surface area (Å²) in [5.74, 6) is -0.788. The van der Waals surface area contributed by atoms with E-state index in [1.807, 2.05) is 24.3 Å². The Kier molecular flexibility index (Phi) is 4.74. The molecule has 1 saturated heterocycles. The molecule has 2 aromatic rings. The number of anilines is 1. The highest BCUT2D eigenvalue weighted by atomic mass is 16.5. The van der Waals surface area contributed by atoms with Gasteiger partial charge >= 0.3 is 5.97 Å². The van der Waals surface area contributed by atoms with E-state index in [1.54, 1.807) is 24.3 Å².